The smallest absolute Gasteiger partial charge is 0.194 e. The van der Waals surface area contributed by atoms with Gasteiger partial charge in [0.2, 0.25) is 0 Å². The predicted octanol–water partition coefficient (Wildman–Crippen LogP) is 3.98. The van der Waals surface area contributed by atoms with Crippen LogP contribution in [0.25, 0.3) is 0 Å². The van der Waals surface area contributed by atoms with E-state index < -0.39 is 23.5 Å². The number of thiophene rings is 1. The van der Waals surface area contributed by atoms with Crippen molar-refractivity contribution in [2.45, 2.75) is 6.04 Å². The third kappa shape index (κ3) is 2.38. The lowest BCUT2D eigenvalue weighted by molar-refractivity contribution is 0.438. The molecule has 0 aliphatic rings. The molecule has 0 spiro atoms. The van der Waals surface area contributed by atoms with Crippen LogP contribution in [0, 0.1) is 17.5 Å². The fourth-order valence-corrected chi connectivity index (χ4v) is 2.66. The maximum atomic E-state index is 13.5. The molecule has 2 rings (SSSR count). The van der Waals surface area contributed by atoms with Crippen LogP contribution < -0.4 is 5.73 Å². The molecule has 1 aromatic carbocycles. The van der Waals surface area contributed by atoms with Gasteiger partial charge in [-0.3, -0.25) is 0 Å². The van der Waals surface area contributed by atoms with Crippen LogP contribution in [0.4, 0.5) is 13.2 Å². The molecule has 0 radical (unpaired) electrons. The zero-order chi connectivity index (χ0) is 12.6. The average molecular weight is 322 g/mol. The number of hydrogen-bond acceptors (Lipinski definition) is 2. The zero-order valence-corrected chi connectivity index (χ0v) is 10.8. The number of nitrogens with two attached hydrogens (primary N) is 1. The lowest BCUT2D eigenvalue weighted by Crippen LogP contribution is -2.14. The third-order valence-electron chi connectivity index (χ3n) is 2.35. The van der Waals surface area contributed by atoms with Gasteiger partial charge in [0.25, 0.3) is 0 Å². The fraction of sp³-hybridized carbons (Fsp3) is 0.0909. The van der Waals surface area contributed by atoms with E-state index in [2.05, 4.69) is 15.9 Å². The van der Waals surface area contributed by atoms with Crippen LogP contribution in [0.5, 0.6) is 0 Å². The van der Waals surface area contributed by atoms with Crippen molar-refractivity contribution >= 4 is 27.3 Å². The topological polar surface area (TPSA) is 26.0 Å². The molecule has 0 fully saturated rings. The molecule has 1 atom stereocenters. The lowest BCUT2D eigenvalue weighted by atomic mass is 10.0. The standard InChI is InChI=1S/C11H7BrF3NS/c12-8-3-5(4-17-8)11(16)6-1-2-7(13)10(15)9(6)14/h1-4,11H,16H2. The molecule has 0 bridgehead atoms. The lowest BCUT2D eigenvalue weighted by Gasteiger charge is -2.12. The van der Waals surface area contributed by atoms with Gasteiger partial charge >= 0.3 is 0 Å². The van der Waals surface area contributed by atoms with E-state index in [4.69, 9.17) is 5.73 Å². The minimum atomic E-state index is -1.49. The van der Waals surface area contributed by atoms with Crippen molar-refractivity contribution in [2.75, 3.05) is 0 Å². The Kier molecular flexibility index (Phi) is 3.56. The van der Waals surface area contributed by atoms with Gasteiger partial charge in [0.05, 0.1) is 9.83 Å². The SMILES string of the molecule is NC(c1csc(Br)c1)c1ccc(F)c(F)c1F. The van der Waals surface area contributed by atoms with Crippen LogP contribution in [0.15, 0.2) is 27.4 Å². The van der Waals surface area contributed by atoms with Crippen molar-refractivity contribution in [1.82, 2.24) is 0 Å². The van der Waals surface area contributed by atoms with Gasteiger partial charge in [-0.05, 0) is 39.0 Å². The van der Waals surface area contributed by atoms with Crippen LogP contribution in [-0.2, 0) is 0 Å². The third-order valence-corrected chi connectivity index (χ3v) is 3.87. The molecular weight excluding hydrogens is 315 g/mol. The Morgan fingerprint density at radius 1 is 1.18 bits per heavy atom. The predicted molar refractivity (Wildman–Crippen MR) is 64.4 cm³/mol. The van der Waals surface area contributed by atoms with Gasteiger partial charge in [0.15, 0.2) is 17.5 Å². The highest BCUT2D eigenvalue weighted by molar-refractivity contribution is 9.11. The van der Waals surface area contributed by atoms with Crippen LogP contribution in [-0.4, -0.2) is 0 Å². The van der Waals surface area contributed by atoms with E-state index in [0.29, 0.717) is 5.56 Å². The van der Waals surface area contributed by atoms with Crippen LogP contribution >= 0.6 is 27.3 Å². The summed E-state index contributed by atoms with van der Waals surface area (Å²) in [6, 6.07) is 2.93. The second-order valence-corrected chi connectivity index (χ2v) is 5.72. The van der Waals surface area contributed by atoms with Crippen molar-refractivity contribution in [2.24, 2.45) is 5.73 Å². The summed E-state index contributed by atoms with van der Waals surface area (Å²) in [5, 5.41) is 1.73. The summed E-state index contributed by atoms with van der Waals surface area (Å²) in [5.41, 5.74) is 6.39. The summed E-state index contributed by atoms with van der Waals surface area (Å²) < 4.78 is 40.2. The number of benzene rings is 1. The molecule has 6 heteroatoms. The molecule has 0 saturated carbocycles. The van der Waals surface area contributed by atoms with E-state index in [9.17, 15) is 13.2 Å². The monoisotopic (exact) mass is 321 g/mol. The Hall–Kier alpha value is -0.850. The maximum absolute atomic E-state index is 13.5. The highest BCUT2D eigenvalue weighted by atomic mass is 79.9. The zero-order valence-electron chi connectivity index (χ0n) is 8.38. The van der Waals surface area contributed by atoms with Gasteiger partial charge in [-0.25, -0.2) is 13.2 Å². The summed E-state index contributed by atoms with van der Waals surface area (Å²) in [6.45, 7) is 0. The Balaban J connectivity index is 2.44. The average Bonchev–Trinajstić information content (AvgIpc) is 2.72. The molecule has 17 heavy (non-hydrogen) atoms. The first-order valence-corrected chi connectivity index (χ1v) is 6.31. The van der Waals surface area contributed by atoms with Gasteiger partial charge in [-0.15, -0.1) is 11.3 Å². The Morgan fingerprint density at radius 2 is 1.88 bits per heavy atom. The highest BCUT2D eigenvalue weighted by Crippen LogP contribution is 2.30. The molecule has 0 aliphatic heterocycles. The molecule has 2 aromatic rings. The van der Waals surface area contributed by atoms with Crippen molar-refractivity contribution in [3.05, 3.63) is 55.9 Å². The molecule has 2 N–H and O–H groups in total. The minimum Gasteiger partial charge on any atom is -0.320 e. The number of rotatable bonds is 2. The van der Waals surface area contributed by atoms with Crippen molar-refractivity contribution < 1.29 is 13.2 Å². The second kappa shape index (κ2) is 4.80. The molecule has 0 saturated heterocycles. The van der Waals surface area contributed by atoms with E-state index in [1.54, 1.807) is 11.4 Å². The molecule has 1 heterocycles. The minimum absolute atomic E-state index is 0.0609. The van der Waals surface area contributed by atoms with Gasteiger partial charge < -0.3 is 5.73 Å². The fourth-order valence-electron chi connectivity index (χ4n) is 1.45. The summed E-state index contributed by atoms with van der Waals surface area (Å²) >= 11 is 4.64. The van der Waals surface area contributed by atoms with Crippen LogP contribution in [0.2, 0.25) is 0 Å². The first-order chi connectivity index (χ1) is 8.00. The van der Waals surface area contributed by atoms with Crippen molar-refractivity contribution in [3.8, 4) is 0 Å². The molecule has 1 nitrogen and oxygen atoms in total. The van der Waals surface area contributed by atoms with Gasteiger partial charge in [0.1, 0.15) is 0 Å². The normalized spacial score (nSPS) is 12.8. The van der Waals surface area contributed by atoms with Gasteiger partial charge in [0, 0.05) is 5.56 Å². The number of hydrogen-bond donors (Lipinski definition) is 1. The highest BCUT2D eigenvalue weighted by Gasteiger charge is 2.20. The molecule has 0 aliphatic carbocycles. The quantitative estimate of drug-likeness (QED) is 0.832. The maximum Gasteiger partial charge on any atom is 0.194 e. The summed E-state index contributed by atoms with van der Waals surface area (Å²) in [4.78, 5) is 0. The first kappa shape index (κ1) is 12.6. The Morgan fingerprint density at radius 3 is 2.47 bits per heavy atom. The first-order valence-electron chi connectivity index (χ1n) is 4.63. The molecule has 1 unspecified atom stereocenters. The number of halogens is 4. The van der Waals surface area contributed by atoms with Crippen LogP contribution in [0.1, 0.15) is 17.2 Å². The molecule has 90 valence electrons. The Bertz CT molecular complexity index is 556. The largest absolute Gasteiger partial charge is 0.320 e. The molecule has 1 aromatic heterocycles. The van der Waals surface area contributed by atoms with E-state index in [0.717, 1.165) is 15.9 Å². The van der Waals surface area contributed by atoms with E-state index in [-0.39, 0.29) is 5.56 Å². The van der Waals surface area contributed by atoms with E-state index in [1.807, 2.05) is 0 Å². The van der Waals surface area contributed by atoms with Crippen molar-refractivity contribution in [3.63, 3.8) is 0 Å². The summed E-state index contributed by atoms with van der Waals surface area (Å²) in [5.74, 6) is -3.95. The van der Waals surface area contributed by atoms with Gasteiger partial charge in [-0.1, -0.05) is 6.07 Å². The molecular formula is C11H7BrF3NS. The van der Waals surface area contributed by atoms with Crippen molar-refractivity contribution in [1.29, 1.82) is 0 Å². The van der Waals surface area contributed by atoms with E-state index in [1.165, 1.54) is 11.3 Å². The second-order valence-electron chi connectivity index (χ2n) is 3.43. The van der Waals surface area contributed by atoms with Crippen LogP contribution in [0.3, 0.4) is 0 Å². The summed E-state index contributed by atoms with van der Waals surface area (Å²) in [6.07, 6.45) is 0. The molecule has 0 amide bonds. The van der Waals surface area contributed by atoms with E-state index >= 15 is 0 Å². The van der Waals surface area contributed by atoms with Gasteiger partial charge in [-0.2, -0.15) is 0 Å². The Labute approximate surface area is 108 Å². The summed E-state index contributed by atoms with van der Waals surface area (Å²) in [7, 11) is 0.